The van der Waals surface area contributed by atoms with Crippen LogP contribution in [0.4, 0.5) is 11.4 Å². The van der Waals surface area contributed by atoms with E-state index < -0.39 is 0 Å². The minimum atomic E-state index is -0.250. The molecule has 2 aliphatic heterocycles. The number of aromatic nitrogens is 2. The van der Waals surface area contributed by atoms with E-state index in [4.69, 9.17) is 9.26 Å². The molecule has 0 unspecified atom stereocenters. The molecule has 8 nitrogen and oxygen atoms in total. The number of nitrogens with zero attached hydrogens (tertiary/aromatic N) is 3. The van der Waals surface area contributed by atoms with Crippen molar-refractivity contribution >= 4 is 17.3 Å². The molecule has 1 saturated heterocycles. The SMILES string of the molecule is Cc1nc(-c2ccc(-c3ccc(CC(=O)Nc4cc5c(c(N6CCNCC6)c4)OC(C)(C)C5)cc3)c(C)c2)no1. The summed E-state index contributed by atoms with van der Waals surface area (Å²) in [7, 11) is 0. The average molecular weight is 538 g/mol. The predicted molar refractivity (Wildman–Crippen MR) is 157 cm³/mol. The molecule has 8 heteroatoms. The first-order valence-electron chi connectivity index (χ1n) is 13.9. The molecule has 0 radical (unpaired) electrons. The Hall–Kier alpha value is -4.17. The molecule has 1 fully saturated rings. The van der Waals surface area contributed by atoms with Crippen LogP contribution in [0, 0.1) is 13.8 Å². The Morgan fingerprint density at radius 1 is 1.02 bits per heavy atom. The van der Waals surface area contributed by atoms with E-state index in [1.807, 2.05) is 18.2 Å². The van der Waals surface area contributed by atoms with E-state index in [0.29, 0.717) is 18.1 Å². The van der Waals surface area contributed by atoms with Crippen molar-refractivity contribution in [3.05, 3.63) is 77.2 Å². The van der Waals surface area contributed by atoms with Crippen LogP contribution in [-0.2, 0) is 17.6 Å². The third kappa shape index (κ3) is 5.45. The van der Waals surface area contributed by atoms with Crippen LogP contribution in [0.15, 0.2) is 59.1 Å². The number of amides is 1. The van der Waals surface area contributed by atoms with Gasteiger partial charge in [0.1, 0.15) is 11.4 Å². The van der Waals surface area contributed by atoms with Crippen molar-refractivity contribution in [2.45, 2.75) is 46.1 Å². The standard InChI is InChI=1S/C32H35N5O3/c1-20-15-24(31-34-21(2)40-36-31)9-10-27(20)23-7-5-22(6-8-23)16-29(38)35-26-17-25-19-32(3,4)39-30(25)28(18-26)37-13-11-33-12-14-37/h5-10,15,17-18,33H,11-14,16,19H2,1-4H3,(H,35,38). The molecular formula is C32H35N5O3. The Kier molecular flexibility index (Phi) is 6.80. The molecule has 3 heterocycles. The van der Waals surface area contributed by atoms with Crippen LogP contribution in [0.2, 0.25) is 0 Å². The number of aryl methyl sites for hydroxylation is 2. The first-order chi connectivity index (χ1) is 19.2. The molecule has 40 heavy (non-hydrogen) atoms. The summed E-state index contributed by atoms with van der Waals surface area (Å²) in [4.78, 5) is 19.8. The van der Waals surface area contributed by atoms with Gasteiger partial charge in [-0.1, -0.05) is 41.6 Å². The van der Waals surface area contributed by atoms with Crippen LogP contribution in [0.1, 0.15) is 36.4 Å². The van der Waals surface area contributed by atoms with Gasteiger partial charge in [0, 0.05) is 56.3 Å². The monoisotopic (exact) mass is 537 g/mol. The maximum atomic E-state index is 13.1. The quantitative estimate of drug-likeness (QED) is 0.344. The molecule has 0 aliphatic carbocycles. The van der Waals surface area contributed by atoms with Gasteiger partial charge in [-0.3, -0.25) is 4.79 Å². The van der Waals surface area contributed by atoms with E-state index in [9.17, 15) is 4.79 Å². The lowest BCUT2D eigenvalue weighted by Gasteiger charge is -2.31. The van der Waals surface area contributed by atoms with Gasteiger partial charge >= 0.3 is 0 Å². The van der Waals surface area contributed by atoms with Gasteiger partial charge in [-0.2, -0.15) is 4.98 Å². The fraction of sp³-hybridized carbons (Fsp3) is 0.344. The lowest BCUT2D eigenvalue weighted by atomic mass is 9.97. The summed E-state index contributed by atoms with van der Waals surface area (Å²) < 4.78 is 11.4. The second kappa shape index (κ2) is 10.4. The molecule has 2 N–H and O–H groups in total. The van der Waals surface area contributed by atoms with E-state index in [2.05, 4.69) is 82.8 Å². The summed E-state index contributed by atoms with van der Waals surface area (Å²) in [5, 5.41) is 10.6. The average Bonchev–Trinajstić information content (AvgIpc) is 3.50. The molecule has 6 rings (SSSR count). The Balaban J connectivity index is 1.16. The summed E-state index contributed by atoms with van der Waals surface area (Å²) in [5.41, 5.74) is 8.02. The van der Waals surface area contributed by atoms with Crippen LogP contribution >= 0.6 is 0 Å². The number of fused-ring (bicyclic) bond motifs is 1. The zero-order valence-corrected chi connectivity index (χ0v) is 23.5. The maximum absolute atomic E-state index is 13.1. The molecule has 0 atom stereocenters. The highest BCUT2D eigenvalue weighted by molar-refractivity contribution is 5.93. The molecule has 2 aliphatic rings. The van der Waals surface area contributed by atoms with Gasteiger partial charge in [0.25, 0.3) is 0 Å². The second-order valence-corrected chi connectivity index (χ2v) is 11.3. The molecular weight excluding hydrogens is 502 g/mol. The summed E-state index contributed by atoms with van der Waals surface area (Å²) in [6.07, 6.45) is 1.12. The topological polar surface area (TPSA) is 92.5 Å². The fourth-order valence-electron chi connectivity index (χ4n) is 5.64. The summed E-state index contributed by atoms with van der Waals surface area (Å²) in [6.45, 7) is 11.8. The zero-order chi connectivity index (χ0) is 27.9. The van der Waals surface area contributed by atoms with Crippen LogP contribution in [0.25, 0.3) is 22.5 Å². The number of carbonyl (C=O) groups excluding carboxylic acids is 1. The number of rotatable bonds is 6. The van der Waals surface area contributed by atoms with Crippen molar-refractivity contribution < 1.29 is 14.1 Å². The van der Waals surface area contributed by atoms with Gasteiger partial charge in [-0.15, -0.1) is 0 Å². The highest BCUT2D eigenvalue weighted by Crippen LogP contribution is 2.44. The molecule has 206 valence electrons. The van der Waals surface area contributed by atoms with Gasteiger partial charge in [0.15, 0.2) is 0 Å². The number of ether oxygens (including phenoxy) is 1. The number of carbonyl (C=O) groups is 1. The molecule has 4 aromatic rings. The summed E-state index contributed by atoms with van der Waals surface area (Å²) >= 11 is 0. The summed E-state index contributed by atoms with van der Waals surface area (Å²) in [6, 6.07) is 18.5. The number of hydrogen-bond acceptors (Lipinski definition) is 7. The van der Waals surface area contributed by atoms with Crippen molar-refractivity contribution in [1.82, 2.24) is 15.5 Å². The van der Waals surface area contributed by atoms with E-state index in [0.717, 1.165) is 83.1 Å². The second-order valence-electron chi connectivity index (χ2n) is 11.3. The number of benzene rings is 3. The van der Waals surface area contributed by atoms with Crippen LogP contribution in [-0.4, -0.2) is 47.8 Å². The van der Waals surface area contributed by atoms with Crippen molar-refractivity contribution in [3.63, 3.8) is 0 Å². The molecule has 1 amide bonds. The Morgan fingerprint density at radius 2 is 1.77 bits per heavy atom. The number of nitrogens with one attached hydrogen (secondary N) is 2. The van der Waals surface area contributed by atoms with Crippen molar-refractivity contribution in [2.75, 3.05) is 36.4 Å². The lowest BCUT2D eigenvalue weighted by Crippen LogP contribution is -2.43. The maximum Gasteiger partial charge on any atom is 0.228 e. The van der Waals surface area contributed by atoms with Crippen LogP contribution in [0.3, 0.4) is 0 Å². The normalized spacial score (nSPS) is 15.9. The molecule has 0 bridgehead atoms. The fourth-order valence-corrected chi connectivity index (χ4v) is 5.64. The van der Waals surface area contributed by atoms with Crippen molar-refractivity contribution in [2.24, 2.45) is 0 Å². The van der Waals surface area contributed by atoms with Gasteiger partial charge < -0.3 is 24.8 Å². The summed E-state index contributed by atoms with van der Waals surface area (Å²) in [5.74, 6) is 2.06. The highest BCUT2D eigenvalue weighted by Gasteiger charge is 2.34. The molecule has 0 spiro atoms. The Morgan fingerprint density at radius 3 is 2.48 bits per heavy atom. The third-order valence-electron chi connectivity index (χ3n) is 7.52. The van der Waals surface area contributed by atoms with Crippen LogP contribution in [0.5, 0.6) is 5.75 Å². The van der Waals surface area contributed by atoms with Gasteiger partial charge in [0.2, 0.25) is 17.6 Å². The number of anilines is 2. The van der Waals surface area contributed by atoms with Crippen LogP contribution < -0.4 is 20.3 Å². The molecule has 0 saturated carbocycles. The van der Waals surface area contributed by atoms with Gasteiger partial charge in [-0.25, -0.2) is 0 Å². The Bertz CT molecular complexity index is 1550. The van der Waals surface area contributed by atoms with E-state index >= 15 is 0 Å². The third-order valence-corrected chi connectivity index (χ3v) is 7.52. The van der Waals surface area contributed by atoms with Crippen molar-refractivity contribution in [1.29, 1.82) is 0 Å². The highest BCUT2D eigenvalue weighted by atomic mass is 16.5. The minimum absolute atomic E-state index is 0.0342. The number of piperazine rings is 1. The van der Waals surface area contributed by atoms with Crippen molar-refractivity contribution in [3.8, 4) is 28.3 Å². The Labute approximate surface area is 234 Å². The van der Waals surface area contributed by atoms with E-state index in [1.54, 1.807) is 6.92 Å². The van der Waals surface area contributed by atoms with Gasteiger partial charge in [0.05, 0.1) is 12.1 Å². The van der Waals surface area contributed by atoms with E-state index in [1.165, 1.54) is 0 Å². The molecule has 3 aromatic carbocycles. The van der Waals surface area contributed by atoms with Gasteiger partial charge in [-0.05, 0) is 61.2 Å². The largest absolute Gasteiger partial charge is 0.485 e. The smallest absolute Gasteiger partial charge is 0.228 e. The zero-order valence-electron chi connectivity index (χ0n) is 23.5. The number of hydrogen-bond donors (Lipinski definition) is 2. The predicted octanol–water partition coefficient (Wildman–Crippen LogP) is 5.32. The molecule has 1 aromatic heterocycles. The minimum Gasteiger partial charge on any atom is -0.485 e. The first-order valence-corrected chi connectivity index (χ1v) is 13.9. The lowest BCUT2D eigenvalue weighted by molar-refractivity contribution is -0.115. The first kappa shape index (κ1) is 26.1. The van der Waals surface area contributed by atoms with E-state index in [-0.39, 0.29) is 11.5 Å².